The van der Waals surface area contributed by atoms with Crippen LogP contribution in [0.1, 0.15) is 34.7 Å². The normalized spacial score (nSPS) is 26.4. The van der Waals surface area contributed by atoms with Gasteiger partial charge in [0.2, 0.25) is 0 Å². The van der Waals surface area contributed by atoms with Crippen molar-refractivity contribution in [1.29, 1.82) is 0 Å². The SMILES string of the molecule is CCS[C@@H]1O[C@@H]2COC(c3ccccc3)O[C@H]2[C@H](OCc2ccccc2)[C@H]1OC(=O)c1ccc([N+](=O)[O-])cc1. The predicted molar refractivity (Wildman–Crippen MR) is 144 cm³/mol. The van der Waals surface area contributed by atoms with Gasteiger partial charge in [0.05, 0.1) is 23.7 Å². The lowest BCUT2D eigenvalue weighted by atomic mass is 9.98. The van der Waals surface area contributed by atoms with Crippen LogP contribution < -0.4 is 0 Å². The Morgan fingerprint density at radius 1 is 0.974 bits per heavy atom. The first-order valence-electron chi connectivity index (χ1n) is 12.7. The highest BCUT2D eigenvalue weighted by Gasteiger charge is 2.52. The number of hydrogen-bond acceptors (Lipinski definition) is 9. The number of carbonyl (C=O) groups is 1. The van der Waals surface area contributed by atoms with Crippen LogP contribution in [-0.2, 0) is 30.3 Å². The van der Waals surface area contributed by atoms with Crippen molar-refractivity contribution in [2.75, 3.05) is 12.4 Å². The van der Waals surface area contributed by atoms with E-state index in [0.29, 0.717) is 12.4 Å². The van der Waals surface area contributed by atoms with Gasteiger partial charge in [-0.05, 0) is 23.4 Å². The number of fused-ring (bicyclic) bond motifs is 1. The van der Waals surface area contributed by atoms with Crippen LogP contribution in [0.25, 0.3) is 0 Å². The van der Waals surface area contributed by atoms with Gasteiger partial charge in [-0.15, -0.1) is 11.8 Å². The molecular weight excluding hydrogens is 522 g/mol. The molecule has 0 radical (unpaired) electrons. The fourth-order valence-corrected chi connectivity index (χ4v) is 5.57. The van der Waals surface area contributed by atoms with Gasteiger partial charge in [-0.2, -0.15) is 0 Å². The highest BCUT2D eigenvalue weighted by Crippen LogP contribution is 2.39. The van der Waals surface area contributed by atoms with Crippen LogP contribution in [0.2, 0.25) is 0 Å². The molecule has 9 nitrogen and oxygen atoms in total. The number of nitro groups is 1. The van der Waals surface area contributed by atoms with E-state index >= 15 is 0 Å². The summed E-state index contributed by atoms with van der Waals surface area (Å²) in [5.41, 5.74) is 1.38. The van der Waals surface area contributed by atoms with Gasteiger partial charge in [0, 0.05) is 17.7 Å². The van der Waals surface area contributed by atoms with E-state index in [1.807, 2.05) is 67.6 Å². The number of benzene rings is 3. The second-order valence-corrected chi connectivity index (χ2v) is 10.5. The largest absolute Gasteiger partial charge is 0.452 e. The summed E-state index contributed by atoms with van der Waals surface area (Å²) in [6.07, 6.45) is -3.09. The predicted octanol–water partition coefficient (Wildman–Crippen LogP) is 5.30. The van der Waals surface area contributed by atoms with Crippen LogP contribution in [0, 0.1) is 10.1 Å². The minimum atomic E-state index is -0.808. The molecule has 2 saturated heterocycles. The van der Waals surface area contributed by atoms with Crippen molar-refractivity contribution in [3.63, 3.8) is 0 Å². The van der Waals surface area contributed by atoms with Crippen molar-refractivity contribution < 1.29 is 33.4 Å². The van der Waals surface area contributed by atoms with Gasteiger partial charge in [0.15, 0.2) is 12.4 Å². The second-order valence-electron chi connectivity index (χ2n) is 9.11. The van der Waals surface area contributed by atoms with Gasteiger partial charge in [-0.25, -0.2) is 4.79 Å². The molecule has 0 aromatic heterocycles. The van der Waals surface area contributed by atoms with E-state index in [9.17, 15) is 14.9 Å². The molecular formula is C29H29NO8S. The molecule has 3 aromatic carbocycles. The zero-order valence-corrected chi connectivity index (χ0v) is 22.1. The molecule has 0 N–H and O–H groups in total. The first-order valence-corrected chi connectivity index (χ1v) is 13.8. The number of nitrogens with zero attached hydrogens (tertiary/aromatic N) is 1. The summed E-state index contributed by atoms with van der Waals surface area (Å²) in [7, 11) is 0. The maximum absolute atomic E-state index is 13.2. The number of ether oxygens (including phenoxy) is 5. The molecule has 0 bridgehead atoms. The number of esters is 1. The van der Waals surface area contributed by atoms with E-state index in [1.54, 1.807) is 0 Å². The van der Waals surface area contributed by atoms with Crippen molar-refractivity contribution in [1.82, 2.24) is 0 Å². The highest BCUT2D eigenvalue weighted by atomic mass is 32.2. The molecule has 0 aliphatic carbocycles. The molecule has 204 valence electrons. The topological polar surface area (TPSA) is 106 Å². The summed E-state index contributed by atoms with van der Waals surface area (Å²) in [4.78, 5) is 23.8. The average Bonchev–Trinajstić information content (AvgIpc) is 2.97. The molecule has 2 aliphatic rings. The third-order valence-electron chi connectivity index (χ3n) is 6.53. The van der Waals surface area contributed by atoms with Gasteiger partial charge in [-0.3, -0.25) is 10.1 Å². The number of thioether (sulfide) groups is 1. The third kappa shape index (κ3) is 6.48. The minimum Gasteiger partial charge on any atom is -0.452 e. The quantitative estimate of drug-likeness (QED) is 0.199. The molecule has 0 spiro atoms. The molecule has 2 aliphatic heterocycles. The van der Waals surface area contributed by atoms with Gasteiger partial charge in [-0.1, -0.05) is 67.6 Å². The molecule has 2 heterocycles. The van der Waals surface area contributed by atoms with Crippen LogP contribution in [0.5, 0.6) is 0 Å². The molecule has 10 heteroatoms. The zero-order valence-electron chi connectivity index (χ0n) is 21.3. The monoisotopic (exact) mass is 551 g/mol. The lowest BCUT2D eigenvalue weighted by Crippen LogP contribution is -2.62. The Labute approximate surface area is 230 Å². The Hall–Kier alpha value is -3.28. The summed E-state index contributed by atoms with van der Waals surface area (Å²) in [5.74, 6) is 0.0894. The second kappa shape index (κ2) is 12.7. The first-order chi connectivity index (χ1) is 19.0. The van der Waals surface area contributed by atoms with Crippen molar-refractivity contribution in [3.05, 3.63) is 112 Å². The molecule has 3 aromatic rings. The Balaban J connectivity index is 1.42. The van der Waals surface area contributed by atoms with Crippen LogP contribution in [0.15, 0.2) is 84.9 Å². The van der Waals surface area contributed by atoms with Gasteiger partial charge in [0.25, 0.3) is 5.69 Å². The smallest absolute Gasteiger partial charge is 0.338 e. The number of carbonyl (C=O) groups excluding carboxylic acids is 1. The van der Waals surface area contributed by atoms with Crippen LogP contribution >= 0.6 is 11.8 Å². The molecule has 39 heavy (non-hydrogen) atoms. The summed E-state index contributed by atoms with van der Waals surface area (Å²) >= 11 is 1.50. The Morgan fingerprint density at radius 3 is 2.33 bits per heavy atom. The molecule has 0 amide bonds. The number of rotatable bonds is 9. The molecule has 5 rings (SSSR count). The van der Waals surface area contributed by atoms with Crippen molar-refractivity contribution >= 4 is 23.4 Å². The van der Waals surface area contributed by atoms with Gasteiger partial charge < -0.3 is 23.7 Å². The minimum absolute atomic E-state index is 0.110. The number of nitro benzene ring substituents is 1. The van der Waals surface area contributed by atoms with Crippen molar-refractivity contribution in [2.45, 2.75) is 49.7 Å². The Bertz CT molecular complexity index is 1240. The number of non-ortho nitro benzene ring substituents is 1. The van der Waals surface area contributed by atoms with Gasteiger partial charge >= 0.3 is 5.97 Å². The van der Waals surface area contributed by atoms with Crippen LogP contribution in [0.4, 0.5) is 5.69 Å². The molecule has 6 atom stereocenters. The Kier molecular flexibility index (Phi) is 8.90. The van der Waals surface area contributed by atoms with Gasteiger partial charge in [0.1, 0.15) is 23.7 Å². The maximum Gasteiger partial charge on any atom is 0.338 e. The summed E-state index contributed by atoms with van der Waals surface area (Å²) in [6, 6.07) is 24.6. The zero-order chi connectivity index (χ0) is 27.2. The van der Waals surface area contributed by atoms with E-state index < -0.39 is 47.0 Å². The molecule has 2 fully saturated rings. The molecule has 0 saturated carbocycles. The average molecular weight is 552 g/mol. The van der Waals surface area contributed by atoms with E-state index in [0.717, 1.165) is 11.1 Å². The lowest BCUT2D eigenvalue weighted by Gasteiger charge is -2.48. The molecule has 1 unspecified atom stereocenters. The van der Waals surface area contributed by atoms with E-state index in [2.05, 4.69) is 0 Å². The summed E-state index contributed by atoms with van der Waals surface area (Å²) < 4.78 is 31.3. The Morgan fingerprint density at radius 2 is 1.67 bits per heavy atom. The van der Waals surface area contributed by atoms with E-state index in [4.69, 9.17) is 23.7 Å². The van der Waals surface area contributed by atoms with Crippen molar-refractivity contribution in [2.24, 2.45) is 0 Å². The standard InChI is InChI=1S/C29H29NO8S/c1-2-39-29-26(37-27(31)20-13-15-22(16-14-20)30(32)33)25(34-17-19-9-5-3-6-10-19)24-23(36-29)18-35-28(38-24)21-11-7-4-8-12-21/h3-16,23-26,28-29H,2,17-18H2,1H3/t23-,24-,25+,26-,28?,29+/m1/s1. The lowest BCUT2D eigenvalue weighted by molar-refractivity contribution is -0.384. The maximum atomic E-state index is 13.2. The fourth-order valence-electron chi connectivity index (χ4n) is 4.62. The first kappa shape index (κ1) is 27.3. The summed E-state index contributed by atoms with van der Waals surface area (Å²) in [5, 5.41) is 11.0. The summed E-state index contributed by atoms with van der Waals surface area (Å²) in [6.45, 7) is 2.57. The van der Waals surface area contributed by atoms with Crippen LogP contribution in [0.3, 0.4) is 0 Å². The number of hydrogen-bond donors (Lipinski definition) is 0. The fraction of sp³-hybridized carbons (Fsp3) is 0.345. The van der Waals surface area contributed by atoms with Crippen molar-refractivity contribution in [3.8, 4) is 0 Å². The van der Waals surface area contributed by atoms with Crippen LogP contribution in [-0.4, -0.2) is 53.1 Å². The third-order valence-corrected chi connectivity index (χ3v) is 7.57. The van der Waals surface area contributed by atoms with E-state index in [1.165, 1.54) is 36.0 Å². The van der Waals surface area contributed by atoms with E-state index in [-0.39, 0.29) is 17.9 Å². The highest BCUT2D eigenvalue weighted by molar-refractivity contribution is 7.99.